The summed E-state index contributed by atoms with van der Waals surface area (Å²) in [4.78, 5) is 0.678. The van der Waals surface area contributed by atoms with Gasteiger partial charge in [-0.05, 0) is 55.4 Å². The van der Waals surface area contributed by atoms with E-state index in [1.54, 1.807) is 0 Å². The third-order valence-electron chi connectivity index (χ3n) is 3.41. The first kappa shape index (κ1) is 9.71. The van der Waals surface area contributed by atoms with E-state index < -0.39 is 0 Å². The molecule has 0 unspecified atom stereocenters. The molecule has 1 saturated carbocycles. The Morgan fingerprint density at radius 3 is 2.73 bits per heavy atom. The van der Waals surface area contributed by atoms with Crippen LogP contribution in [0.25, 0.3) is 0 Å². The fraction of sp³-hybridized carbons (Fsp3) is 0.538. The van der Waals surface area contributed by atoms with Gasteiger partial charge in [0.05, 0.1) is 0 Å². The van der Waals surface area contributed by atoms with Crippen LogP contribution in [0.4, 0.5) is 0 Å². The zero-order chi connectivity index (χ0) is 10.3. The standard InChI is InChI=1S/C13H15BrO/c14-11-7-13(8-11)15-12-5-4-9-2-1-3-10(9)6-12/h4-6,11,13H,1-3,7-8H2. The molecule has 0 aliphatic heterocycles. The first-order chi connectivity index (χ1) is 7.31. The smallest absolute Gasteiger partial charge is 0.120 e. The molecule has 0 saturated heterocycles. The monoisotopic (exact) mass is 266 g/mol. The van der Waals surface area contributed by atoms with Crippen LogP contribution >= 0.6 is 15.9 Å². The number of ether oxygens (including phenoxy) is 1. The summed E-state index contributed by atoms with van der Waals surface area (Å²) in [6.07, 6.45) is 6.54. The summed E-state index contributed by atoms with van der Waals surface area (Å²) in [5.74, 6) is 1.07. The van der Waals surface area contributed by atoms with Crippen LogP contribution in [0.2, 0.25) is 0 Å². The Kier molecular flexibility index (Phi) is 2.47. The molecule has 0 aromatic heterocycles. The molecule has 0 amide bonds. The summed E-state index contributed by atoms with van der Waals surface area (Å²) in [7, 11) is 0. The molecular weight excluding hydrogens is 252 g/mol. The average Bonchev–Trinajstić information content (AvgIpc) is 2.62. The highest BCUT2D eigenvalue weighted by Crippen LogP contribution is 2.32. The number of rotatable bonds is 2. The highest BCUT2D eigenvalue weighted by atomic mass is 79.9. The van der Waals surface area contributed by atoms with Crippen molar-refractivity contribution >= 4 is 15.9 Å². The fourth-order valence-electron chi connectivity index (χ4n) is 2.41. The molecular formula is C13H15BrO. The van der Waals surface area contributed by atoms with E-state index in [2.05, 4.69) is 34.1 Å². The lowest BCUT2D eigenvalue weighted by Crippen LogP contribution is -2.33. The van der Waals surface area contributed by atoms with Crippen LogP contribution in [0.1, 0.15) is 30.4 Å². The molecule has 1 fully saturated rings. The highest BCUT2D eigenvalue weighted by molar-refractivity contribution is 9.09. The molecule has 1 aromatic rings. The summed E-state index contributed by atoms with van der Waals surface area (Å²) in [5, 5.41) is 0. The van der Waals surface area contributed by atoms with Gasteiger partial charge in [0.2, 0.25) is 0 Å². The Labute approximate surface area is 99.0 Å². The molecule has 2 aliphatic carbocycles. The van der Waals surface area contributed by atoms with Gasteiger partial charge in [0.25, 0.3) is 0 Å². The van der Waals surface area contributed by atoms with Gasteiger partial charge >= 0.3 is 0 Å². The molecule has 0 heterocycles. The second kappa shape index (κ2) is 3.82. The summed E-state index contributed by atoms with van der Waals surface area (Å²) >= 11 is 3.58. The van der Waals surface area contributed by atoms with E-state index in [-0.39, 0.29) is 0 Å². The van der Waals surface area contributed by atoms with E-state index in [1.807, 2.05) is 0 Å². The van der Waals surface area contributed by atoms with Crippen molar-refractivity contribution in [3.05, 3.63) is 29.3 Å². The molecule has 80 valence electrons. The van der Waals surface area contributed by atoms with Crippen LogP contribution in [0, 0.1) is 0 Å². The Morgan fingerprint density at radius 1 is 1.13 bits per heavy atom. The van der Waals surface area contributed by atoms with E-state index in [1.165, 1.54) is 30.4 Å². The summed E-state index contributed by atoms with van der Waals surface area (Å²) in [5.41, 5.74) is 3.02. The first-order valence-electron chi connectivity index (χ1n) is 5.74. The fourth-order valence-corrected chi connectivity index (χ4v) is 3.25. The predicted molar refractivity (Wildman–Crippen MR) is 64.8 cm³/mol. The van der Waals surface area contributed by atoms with Gasteiger partial charge in [0, 0.05) is 4.83 Å². The molecule has 15 heavy (non-hydrogen) atoms. The normalized spacial score (nSPS) is 28.3. The Bertz CT molecular complexity index is 369. The van der Waals surface area contributed by atoms with Crippen molar-refractivity contribution in [3.63, 3.8) is 0 Å². The molecule has 0 N–H and O–H groups in total. The van der Waals surface area contributed by atoms with Crippen LogP contribution in [-0.4, -0.2) is 10.9 Å². The number of benzene rings is 1. The first-order valence-corrected chi connectivity index (χ1v) is 6.65. The van der Waals surface area contributed by atoms with E-state index in [0.717, 1.165) is 18.6 Å². The second-order valence-corrected chi connectivity index (χ2v) is 5.89. The molecule has 2 aliphatic rings. The number of alkyl halides is 1. The Balaban J connectivity index is 1.70. The van der Waals surface area contributed by atoms with Crippen LogP contribution in [-0.2, 0) is 12.8 Å². The van der Waals surface area contributed by atoms with Crippen molar-refractivity contribution in [2.24, 2.45) is 0 Å². The summed E-state index contributed by atoms with van der Waals surface area (Å²) < 4.78 is 5.92. The number of aryl methyl sites for hydroxylation is 2. The van der Waals surface area contributed by atoms with E-state index >= 15 is 0 Å². The van der Waals surface area contributed by atoms with Gasteiger partial charge in [-0.2, -0.15) is 0 Å². The number of halogens is 1. The van der Waals surface area contributed by atoms with E-state index in [4.69, 9.17) is 4.74 Å². The van der Waals surface area contributed by atoms with Gasteiger partial charge in [-0.3, -0.25) is 0 Å². The maximum Gasteiger partial charge on any atom is 0.120 e. The minimum Gasteiger partial charge on any atom is -0.490 e. The van der Waals surface area contributed by atoms with Crippen LogP contribution < -0.4 is 4.74 Å². The maximum atomic E-state index is 5.92. The van der Waals surface area contributed by atoms with Crippen LogP contribution in [0.5, 0.6) is 5.75 Å². The van der Waals surface area contributed by atoms with Crippen molar-refractivity contribution in [1.29, 1.82) is 0 Å². The summed E-state index contributed by atoms with van der Waals surface area (Å²) in [6.45, 7) is 0. The zero-order valence-electron chi connectivity index (χ0n) is 8.71. The highest BCUT2D eigenvalue weighted by Gasteiger charge is 2.28. The SMILES string of the molecule is BrC1CC(Oc2ccc3c(c2)CCC3)C1. The van der Waals surface area contributed by atoms with Crippen LogP contribution in [0.3, 0.4) is 0 Å². The lowest BCUT2D eigenvalue weighted by molar-refractivity contribution is 0.128. The molecule has 1 nitrogen and oxygen atoms in total. The zero-order valence-corrected chi connectivity index (χ0v) is 10.3. The third-order valence-corrected chi connectivity index (χ3v) is 4.16. The molecule has 0 bridgehead atoms. The van der Waals surface area contributed by atoms with Crippen molar-refractivity contribution in [2.75, 3.05) is 0 Å². The molecule has 3 rings (SSSR count). The molecule has 0 spiro atoms. The van der Waals surface area contributed by atoms with Crippen molar-refractivity contribution < 1.29 is 4.74 Å². The lowest BCUT2D eigenvalue weighted by atomic mass is 9.96. The molecule has 0 radical (unpaired) electrons. The molecule has 2 heteroatoms. The predicted octanol–water partition coefficient (Wildman–Crippen LogP) is 3.48. The van der Waals surface area contributed by atoms with Gasteiger partial charge in [-0.1, -0.05) is 22.0 Å². The Hall–Kier alpha value is -0.500. The van der Waals surface area contributed by atoms with Gasteiger partial charge in [0.15, 0.2) is 0 Å². The van der Waals surface area contributed by atoms with E-state index in [0.29, 0.717) is 10.9 Å². The Morgan fingerprint density at radius 2 is 1.93 bits per heavy atom. The van der Waals surface area contributed by atoms with Crippen LogP contribution in [0.15, 0.2) is 18.2 Å². The van der Waals surface area contributed by atoms with Gasteiger partial charge in [0.1, 0.15) is 11.9 Å². The van der Waals surface area contributed by atoms with Gasteiger partial charge in [-0.15, -0.1) is 0 Å². The number of hydrogen-bond acceptors (Lipinski definition) is 1. The lowest BCUT2D eigenvalue weighted by Gasteiger charge is -2.31. The van der Waals surface area contributed by atoms with Crippen molar-refractivity contribution in [3.8, 4) is 5.75 Å². The summed E-state index contributed by atoms with van der Waals surface area (Å²) in [6, 6.07) is 6.61. The second-order valence-electron chi connectivity index (χ2n) is 4.59. The minimum absolute atomic E-state index is 0.439. The van der Waals surface area contributed by atoms with Crippen molar-refractivity contribution in [2.45, 2.75) is 43.0 Å². The molecule has 0 atom stereocenters. The molecule has 1 aromatic carbocycles. The number of hydrogen-bond donors (Lipinski definition) is 0. The van der Waals surface area contributed by atoms with Crippen molar-refractivity contribution in [1.82, 2.24) is 0 Å². The quantitative estimate of drug-likeness (QED) is 0.745. The third kappa shape index (κ3) is 1.92. The van der Waals surface area contributed by atoms with E-state index in [9.17, 15) is 0 Å². The van der Waals surface area contributed by atoms with Gasteiger partial charge in [-0.25, -0.2) is 0 Å². The number of fused-ring (bicyclic) bond motifs is 1. The largest absolute Gasteiger partial charge is 0.490 e. The van der Waals surface area contributed by atoms with Gasteiger partial charge < -0.3 is 4.74 Å². The average molecular weight is 267 g/mol. The maximum absolute atomic E-state index is 5.92. The minimum atomic E-state index is 0.439. The topological polar surface area (TPSA) is 9.23 Å².